The summed E-state index contributed by atoms with van der Waals surface area (Å²) in [6.45, 7) is 0. The molecule has 1 heterocycles. The lowest BCUT2D eigenvalue weighted by molar-refractivity contribution is 1.15. The van der Waals surface area contributed by atoms with E-state index in [0.717, 1.165) is 0 Å². The monoisotopic (exact) mass is 265 g/mol. The van der Waals surface area contributed by atoms with Gasteiger partial charge >= 0.3 is 0 Å². The van der Waals surface area contributed by atoms with E-state index in [2.05, 4.69) is 14.7 Å². The first-order valence-corrected chi connectivity index (χ1v) is 7.02. The minimum absolute atomic E-state index is 0. The van der Waals surface area contributed by atoms with E-state index in [1.165, 1.54) is 12.4 Å². The molecule has 0 atom stereocenters. The number of hydrogen-bond acceptors (Lipinski definition) is 3. The van der Waals surface area contributed by atoms with E-state index in [0.29, 0.717) is 0 Å². The summed E-state index contributed by atoms with van der Waals surface area (Å²) < 4.78 is 3.68. The van der Waals surface area contributed by atoms with Gasteiger partial charge in [0, 0.05) is 12.4 Å². The van der Waals surface area contributed by atoms with E-state index < -0.39 is 5.11 Å². The van der Waals surface area contributed by atoms with Crippen LogP contribution in [0.1, 0.15) is 0 Å². The summed E-state index contributed by atoms with van der Waals surface area (Å²) in [7, 11) is 0. The Hall–Kier alpha value is 0.470. The molecule has 12 heavy (non-hydrogen) atoms. The molecule has 3 nitrogen and oxygen atoms in total. The first-order chi connectivity index (χ1) is 5.08. The van der Waals surface area contributed by atoms with Crippen molar-refractivity contribution in [2.75, 3.05) is 0 Å². The second-order valence-electron chi connectivity index (χ2n) is 1.57. The van der Waals surface area contributed by atoms with Crippen LogP contribution in [0.3, 0.4) is 0 Å². The van der Waals surface area contributed by atoms with Crippen molar-refractivity contribution in [3.8, 4) is 0 Å². The van der Waals surface area contributed by atoms with Gasteiger partial charge in [-0.1, -0.05) is 0 Å². The molecule has 68 valence electrons. The lowest BCUT2D eigenvalue weighted by atomic mass is 10.7. The second-order valence-corrected chi connectivity index (χ2v) is 8.56. The molecule has 0 unspecified atom stereocenters. The Kier molecular flexibility index (Phi) is 5.46. The number of rotatable bonds is 1. The van der Waals surface area contributed by atoms with Gasteiger partial charge in [0.25, 0.3) is 5.95 Å². The second kappa shape index (κ2) is 5.25. The molecular formula is C4H4Cl4N3P. The van der Waals surface area contributed by atoms with E-state index in [4.69, 9.17) is 33.7 Å². The summed E-state index contributed by atoms with van der Waals surface area (Å²) in [5.74, 6) is 0.209. The normalized spacial score (nSPS) is 10.2. The average Bonchev–Trinajstić information content (AvgIpc) is 1.85. The molecule has 1 aromatic heterocycles. The van der Waals surface area contributed by atoms with Gasteiger partial charge in [-0.2, -0.15) is 4.74 Å². The highest BCUT2D eigenvalue weighted by Crippen LogP contribution is 2.66. The summed E-state index contributed by atoms with van der Waals surface area (Å²) >= 11 is 16.4. The summed E-state index contributed by atoms with van der Waals surface area (Å²) in [4.78, 5) is 7.52. The predicted octanol–water partition coefficient (Wildman–Crippen LogP) is 4.19. The standard InChI is InChI=1S/C4H3Cl3N3P.ClH/c5-11(6,7)10-4-8-2-1-3-9-4;/h1-3H;1H. The Morgan fingerprint density at radius 3 is 2.08 bits per heavy atom. The Balaban J connectivity index is 0.00000121. The minimum Gasteiger partial charge on any atom is -0.220 e. The number of aromatic nitrogens is 2. The molecule has 0 saturated heterocycles. The lowest BCUT2D eigenvalue weighted by Crippen LogP contribution is -1.74. The fourth-order valence-corrected chi connectivity index (χ4v) is 1.36. The molecular weight excluding hydrogens is 263 g/mol. The fraction of sp³-hybridized carbons (Fsp3) is 0. The molecule has 0 aromatic carbocycles. The SMILES string of the molecule is Cl.ClP(Cl)(Cl)=Nc1ncccn1. The molecule has 1 aromatic rings. The highest BCUT2D eigenvalue weighted by molar-refractivity contribution is 8.26. The summed E-state index contributed by atoms with van der Waals surface area (Å²) in [6, 6.07) is 1.66. The van der Waals surface area contributed by atoms with Crippen LogP contribution in [0.2, 0.25) is 0 Å². The zero-order chi connectivity index (χ0) is 8.32. The van der Waals surface area contributed by atoms with Gasteiger partial charge in [-0.3, -0.25) is 0 Å². The molecule has 0 fully saturated rings. The van der Waals surface area contributed by atoms with Crippen LogP contribution < -0.4 is 0 Å². The maximum absolute atomic E-state index is 5.46. The number of halogens is 4. The fourth-order valence-electron chi connectivity index (χ4n) is 0.444. The first kappa shape index (κ1) is 12.5. The molecule has 1 rings (SSSR count). The van der Waals surface area contributed by atoms with Crippen molar-refractivity contribution in [3.63, 3.8) is 0 Å². The molecule has 0 aliphatic carbocycles. The van der Waals surface area contributed by atoms with Gasteiger partial charge in [0.05, 0.1) is 0 Å². The zero-order valence-corrected chi connectivity index (χ0v) is 9.54. The van der Waals surface area contributed by atoms with Gasteiger partial charge in [0.2, 0.25) is 5.11 Å². The van der Waals surface area contributed by atoms with Crippen LogP contribution in [0.25, 0.3) is 0 Å². The lowest BCUT2D eigenvalue weighted by Gasteiger charge is -1.94. The van der Waals surface area contributed by atoms with Gasteiger partial charge in [-0.05, 0) is 39.8 Å². The largest absolute Gasteiger partial charge is 0.251 e. The number of nitrogens with zero attached hydrogens (tertiary/aromatic N) is 3. The van der Waals surface area contributed by atoms with Gasteiger partial charge in [0.1, 0.15) is 0 Å². The van der Waals surface area contributed by atoms with E-state index in [1.807, 2.05) is 0 Å². The van der Waals surface area contributed by atoms with Crippen LogP contribution in [-0.4, -0.2) is 9.97 Å². The van der Waals surface area contributed by atoms with Gasteiger partial charge in [-0.25, -0.2) is 9.97 Å². The maximum atomic E-state index is 5.46. The molecule has 0 N–H and O–H groups in total. The topological polar surface area (TPSA) is 38.1 Å². The van der Waals surface area contributed by atoms with Crippen molar-refractivity contribution in [1.29, 1.82) is 0 Å². The van der Waals surface area contributed by atoms with E-state index in [-0.39, 0.29) is 18.4 Å². The Morgan fingerprint density at radius 2 is 1.67 bits per heavy atom. The molecule has 0 amide bonds. The van der Waals surface area contributed by atoms with Crippen LogP contribution in [-0.2, 0) is 0 Å². The van der Waals surface area contributed by atoms with E-state index in [1.54, 1.807) is 6.07 Å². The van der Waals surface area contributed by atoms with Gasteiger partial charge < -0.3 is 0 Å². The van der Waals surface area contributed by atoms with Crippen molar-refractivity contribution in [3.05, 3.63) is 18.5 Å². The predicted molar refractivity (Wildman–Crippen MR) is 55.8 cm³/mol. The van der Waals surface area contributed by atoms with Gasteiger partial charge in [0.15, 0.2) is 0 Å². The molecule has 0 radical (unpaired) electrons. The summed E-state index contributed by atoms with van der Waals surface area (Å²) in [5.41, 5.74) is 0. The molecule has 0 spiro atoms. The highest BCUT2D eigenvalue weighted by Gasteiger charge is 2.06. The molecule has 0 aliphatic heterocycles. The van der Waals surface area contributed by atoms with Crippen molar-refractivity contribution >= 4 is 57.2 Å². The third-order valence-electron chi connectivity index (χ3n) is 0.755. The molecule has 0 aliphatic rings. The zero-order valence-electron chi connectivity index (χ0n) is 5.56. The minimum atomic E-state index is -2.72. The van der Waals surface area contributed by atoms with Crippen molar-refractivity contribution < 1.29 is 0 Å². The van der Waals surface area contributed by atoms with Crippen LogP contribution >= 0.6 is 51.2 Å². The Labute approximate surface area is 90.3 Å². The molecule has 0 saturated carbocycles. The van der Waals surface area contributed by atoms with E-state index >= 15 is 0 Å². The number of hydrogen-bond donors (Lipinski definition) is 0. The summed E-state index contributed by atoms with van der Waals surface area (Å²) in [6.07, 6.45) is 3.07. The maximum Gasteiger partial charge on any atom is 0.251 e. The third kappa shape index (κ3) is 5.18. The highest BCUT2D eigenvalue weighted by atomic mass is 36.0. The third-order valence-corrected chi connectivity index (χ3v) is 1.84. The van der Waals surface area contributed by atoms with Crippen LogP contribution in [0, 0.1) is 0 Å². The van der Waals surface area contributed by atoms with Crippen molar-refractivity contribution in [2.24, 2.45) is 4.74 Å². The Morgan fingerprint density at radius 1 is 1.17 bits per heavy atom. The van der Waals surface area contributed by atoms with Crippen LogP contribution in [0.15, 0.2) is 23.2 Å². The first-order valence-electron chi connectivity index (χ1n) is 2.56. The summed E-state index contributed by atoms with van der Waals surface area (Å²) in [5, 5.41) is -2.72. The smallest absolute Gasteiger partial charge is 0.220 e. The van der Waals surface area contributed by atoms with E-state index in [9.17, 15) is 0 Å². The van der Waals surface area contributed by atoms with Crippen LogP contribution in [0.4, 0.5) is 5.95 Å². The van der Waals surface area contributed by atoms with Crippen LogP contribution in [0.5, 0.6) is 0 Å². The molecule has 8 heteroatoms. The quantitative estimate of drug-likeness (QED) is 0.715. The van der Waals surface area contributed by atoms with Crippen molar-refractivity contribution in [2.45, 2.75) is 0 Å². The Bertz CT molecular complexity index is 275. The molecule has 0 bridgehead atoms. The average molecular weight is 267 g/mol. The van der Waals surface area contributed by atoms with Gasteiger partial charge in [-0.15, -0.1) is 12.4 Å². The van der Waals surface area contributed by atoms with Crippen molar-refractivity contribution in [1.82, 2.24) is 9.97 Å².